The summed E-state index contributed by atoms with van der Waals surface area (Å²) in [5, 5.41) is 3.36. The number of hydrogen-bond acceptors (Lipinski definition) is 7. The van der Waals surface area contributed by atoms with E-state index in [1.54, 1.807) is 7.11 Å². The molecule has 3 amide bonds. The first-order valence-electron chi connectivity index (χ1n) is 10.4. The van der Waals surface area contributed by atoms with Crippen molar-refractivity contribution in [3.63, 3.8) is 0 Å². The van der Waals surface area contributed by atoms with Gasteiger partial charge in [0.15, 0.2) is 5.13 Å². The van der Waals surface area contributed by atoms with Crippen molar-refractivity contribution in [2.75, 3.05) is 25.6 Å². The number of urea groups is 1. The molecule has 2 aliphatic rings. The first-order valence-corrected chi connectivity index (χ1v) is 11.2. The highest BCUT2D eigenvalue weighted by molar-refractivity contribution is 7.19. The fourth-order valence-corrected chi connectivity index (χ4v) is 5.21. The van der Waals surface area contributed by atoms with E-state index in [1.807, 2.05) is 6.20 Å². The standard InChI is InChI=1S/C21H28N6O3S/c1-21(2,3)18-23-9-11-5-6-13-16(14(11)25-18)31-19(24-13)26-20(29)27-8-7-12(10-30-4)15(27)17(22)28/h9,12,15H,5-8,10H2,1-4H3,(H2,22,28)(H,24,26,29)/t12-,15-/m0/s1. The highest BCUT2D eigenvalue weighted by atomic mass is 32.1. The second-order valence-electron chi connectivity index (χ2n) is 9.09. The number of hydrogen-bond donors (Lipinski definition) is 2. The first kappa shape index (κ1) is 21.6. The van der Waals surface area contributed by atoms with Crippen LogP contribution in [0.5, 0.6) is 0 Å². The molecule has 2 aromatic rings. The van der Waals surface area contributed by atoms with E-state index >= 15 is 0 Å². The Bertz CT molecular complexity index is 1020. The van der Waals surface area contributed by atoms with Gasteiger partial charge in [0.05, 0.1) is 22.9 Å². The van der Waals surface area contributed by atoms with E-state index in [9.17, 15) is 9.59 Å². The molecule has 1 aliphatic carbocycles. The molecule has 2 aromatic heterocycles. The summed E-state index contributed by atoms with van der Waals surface area (Å²) in [6.07, 6.45) is 4.17. The topological polar surface area (TPSA) is 123 Å². The lowest BCUT2D eigenvalue weighted by molar-refractivity contribution is -0.123. The van der Waals surface area contributed by atoms with Crippen LogP contribution in [0.1, 0.15) is 44.3 Å². The number of aromatic nitrogens is 3. The summed E-state index contributed by atoms with van der Waals surface area (Å²) in [5.41, 5.74) is 8.34. The zero-order valence-corrected chi connectivity index (χ0v) is 19.1. The van der Waals surface area contributed by atoms with Crippen LogP contribution in [0.3, 0.4) is 0 Å². The van der Waals surface area contributed by atoms with Gasteiger partial charge in [-0.25, -0.2) is 19.7 Å². The Balaban J connectivity index is 1.57. The molecule has 4 rings (SSSR count). The molecule has 0 spiro atoms. The number of carbonyl (C=O) groups is 2. The summed E-state index contributed by atoms with van der Waals surface area (Å²) >= 11 is 1.40. The van der Waals surface area contributed by atoms with Gasteiger partial charge in [-0.3, -0.25) is 10.1 Å². The van der Waals surface area contributed by atoms with Crippen LogP contribution >= 0.6 is 11.3 Å². The van der Waals surface area contributed by atoms with Crippen molar-refractivity contribution in [2.24, 2.45) is 11.7 Å². The van der Waals surface area contributed by atoms with Crippen LogP contribution in [-0.4, -0.2) is 58.1 Å². The molecule has 166 valence electrons. The maximum atomic E-state index is 12.9. The molecule has 1 aliphatic heterocycles. The summed E-state index contributed by atoms with van der Waals surface area (Å²) in [6.45, 7) is 7.08. The van der Waals surface area contributed by atoms with Crippen molar-refractivity contribution in [1.82, 2.24) is 19.9 Å². The van der Waals surface area contributed by atoms with Gasteiger partial charge < -0.3 is 15.4 Å². The summed E-state index contributed by atoms with van der Waals surface area (Å²) in [5.74, 6) is 0.161. The predicted molar refractivity (Wildman–Crippen MR) is 118 cm³/mol. The van der Waals surface area contributed by atoms with Gasteiger partial charge in [-0.15, -0.1) is 0 Å². The average molecular weight is 445 g/mol. The molecule has 0 bridgehead atoms. The molecule has 0 saturated carbocycles. The summed E-state index contributed by atoms with van der Waals surface area (Å²) in [6, 6.07) is -1.05. The van der Waals surface area contributed by atoms with Crippen LogP contribution in [0, 0.1) is 5.92 Å². The maximum Gasteiger partial charge on any atom is 0.324 e. The Labute approximate surface area is 185 Å². The SMILES string of the molecule is COC[C@@H]1CCN(C(=O)Nc2nc3c(s2)-c2nc(C(C)(C)C)ncc2CC3)[C@@H]1C(N)=O. The lowest BCUT2D eigenvalue weighted by Crippen LogP contribution is -2.48. The van der Waals surface area contributed by atoms with Gasteiger partial charge in [-0.2, -0.15) is 0 Å². The van der Waals surface area contributed by atoms with Crippen molar-refractivity contribution in [1.29, 1.82) is 0 Å². The molecule has 1 saturated heterocycles. The number of nitrogens with two attached hydrogens (primary N) is 1. The molecule has 0 radical (unpaired) electrons. The Hall–Kier alpha value is -2.59. The average Bonchev–Trinajstić information content (AvgIpc) is 3.31. The zero-order valence-electron chi connectivity index (χ0n) is 18.3. The van der Waals surface area contributed by atoms with Crippen molar-refractivity contribution in [2.45, 2.75) is 51.5 Å². The third kappa shape index (κ3) is 4.14. The lowest BCUT2D eigenvalue weighted by atomic mass is 9.94. The van der Waals surface area contributed by atoms with Crippen LogP contribution in [-0.2, 0) is 27.8 Å². The van der Waals surface area contributed by atoms with E-state index < -0.39 is 11.9 Å². The van der Waals surface area contributed by atoms with Crippen LogP contribution in [0.15, 0.2) is 6.20 Å². The third-order valence-electron chi connectivity index (χ3n) is 5.75. The van der Waals surface area contributed by atoms with Crippen molar-refractivity contribution >= 4 is 28.4 Å². The highest BCUT2D eigenvalue weighted by Crippen LogP contribution is 2.39. The minimum Gasteiger partial charge on any atom is -0.384 e. The van der Waals surface area contributed by atoms with Gasteiger partial charge in [0.25, 0.3) is 0 Å². The van der Waals surface area contributed by atoms with E-state index in [0.717, 1.165) is 40.5 Å². The van der Waals surface area contributed by atoms with E-state index in [2.05, 4.69) is 36.1 Å². The lowest BCUT2D eigenvalue weighted by Gasteiger charge is -2.25. The zero-order chi connectivity index (χ0) is 22.3. The molecule has 3 heterocycles. The number of methoxy groups -OCH3 is 1. The summed E-state index contributed by atoms with van der Waals surface area (Å²) in [4.78, 5) is 41.4. The van der Waals surface area contributed by atoms with Crippen molar-refractivity contribution < 1.29 is 14.3 Å². The predicted octanol–water partition coefficient (Wildman–Crippen LogP) is 2.35. The number of nitrogens with zero attached hydrogens (tertiary/aromatic N) is 4. The fraction of sp³-hybridized carbons (Fsp3) is 0.571. The number of carbonyl (C=O) groups excluding carboxylic acids is 2. The number of rotatable bonds is 4. The number of fused-ring (bicyclic) bond motifs is 3. The van der Waals surface area contributed by atoms with E-state index in [4.69, 9.17) is 15.5 Å². The van der Waals surface area contributed by atoms with E-state index in [-0.39, 0.29) is 17.4 Å². The number of aryl methyl sites for hydroxylation is 2. The maximum absolute atomic E-state index is 12.9. The fourth-order valence-electron chi connectivity index (χ4n) is 4.18. The molecule has 10 heteroatoms. The number of likely N-dealkylation sites (tertiary alicyclic amines) is 1. The summed E-state index contributed by atoms with van der Waals surface area (Å²) < 4.78 is 5.19. The van der Waals surface area contributed by atoms with Gasteiger partial charge in [0.2, 0.25) is 5.91 Å². The second kappa shape index (κ2) is 8.16. The highest BCUT2D eigenvalue weighted by Gasteiger charge is 2.41. The first-order chi connectivity index (χ1) is 14.7. The second-order valence-corrected chi connectivity index (χ2v) is 10.1. The smallest absolute Gasteiger partial charge is 0.324 e. The number of nitrogens with one attached hydrogen (secondary N) is 1. The molecule has 0 unspecified atom stereocenters. The van der Waals surface area contributed by atoms with Crippen LogP contribution < -0.4 is 11.1 Å². The number of ether oxygens (including phenoxy) is 1. The van der Waals surface area contributed by atoms with E-state index in [1.165, 1.54) is 16.2 Å². The quantitative estimate of drug-likeness (QED) is 0.746. The van der Waals surface area contributed by atoms with Crippen molar-refractivity contribution in [3.05, 3.63) is 23.3 Å². The number of primary amides is 1. The van der Waals surface area contributed by atoms with Gasteiger partial charge in [0.1, 0.15) is 11.9 Å². The van der Waals surface area contributed by atoms with E-state index in [0.29, 0.717) is 24.7 Å². The molecule has 9 nitrogen and oxygen atoms in total. The van der Waals surface area contributed by atoms with Crippen molar-refractivity contribution in [3.8, 4) is 10.6 Å². The monoisotopic (exact) mass is 444 g/mol. The molecule has 2 atom stereocenters. The third-order valence-corrected chi connectivity index (χ3v) is 6.77. The minimum absolute atomic E-state index is 0.0999. The molecule has 31 heavy (non-hydrogen) atoms. The van der Waals surface area contributed by atoms with Crippen LogP contribution in [0.25, 0.3) is 10.6 Å². The van der Waals surface area contributed by atoms with Gasteiger partial charge >= 0.3 is 6.03 Å². The van der Waals surface area contributed by atoms with Crippen LogP contribution in [0.2, 0.25) is 0 Å². The number of anilines is 1. The number of amides is 3. The Morgan fingerprint density at radius 2 is 2.10 bits per heavy atom. The van der Waals surface area contributed by atoms with Crippen LogP contribution in [0.4, 0.5) is 9.93 Å². The molecule has 1 fully saturated rings. The van der Waals surface area contributed by atoms with Gasteiger partial charge in [-0.1, -0.05) is 32.1 Å². The number of thiazole rings is 1. The minimum atomic E-state index is -0.683. The Kier molecular flexibility index (Phi) is 5.69. The molecular formula is C21H28N6O3S. The Morgan fingerprint density at radius 3 is 2.77 bits per heavy atom. The molecule has 0 aromatic carbocycles. The van der Waals surface area contributed by atoms with Gasteiger partial charge in [0, 0.05) is 31.2 Å². The normalized spacial score (nSPS) is 20.3. The molecular weight excluding hydrogens is 416 g/mol. The Morgan fingerprint density at radius 1 is 1.32 bits per heavy atom. The van der Waals surface area contributed by atoms with Gasteiger partial charge in [-0.05, 0) is 24.8 Å². The molecule has 3 N–H and O–H groups in total. The summed E-state index contributed by atoms with van der Waals surface area (Å²) in [7, 11) is 1.58. The largest absolute Gasteiger partial charge is 0.384 e.